The van der Waals surface area contributed by atoms with Crippen LogP contribution in [0.4, 0.5) is 10.6 Å². The van der Waals surface area contributed by atoms with E-state index in [9.17, 15) is 10.0 Å². The molecule has 6 heteroatoms. The second kappa shape index (κ2) is 7.08. The lowest BCUT2D eigenvalue weighted by atomic mass is 10.2. The van der Waals surface area contributed by atoms with Gasteiger partial charge in [0.25, 0.3) is 0 Å². The van der Waals surface area contributed by atoms with E-state index in [0.717, 1.165) is 10.9 Å². The Bertz CT molecular complexity index is 839. The highest BCUT2D eigenvalue weighted by Gasteiger charge is 2.23. The SMILES string of the molecule is COC(c1ccccc1)N(O)C(=O)Nc1ccc2ccccc2n1. The minimum absolute atomic E-state index is 0.348. The van der Waals surface area contributed by atoms with Crippen LogP contribution in [0.25, 0.3) is 10.9 Å². The molecular weight excluding hydrogens is 306 g/mol. The molecular formula is C18H17N3O3. The fourth-order valence-electron chi connectivity index (χ4n) is 2.40. The molecule has 0 aliphatic rings. The van der Waals surface area contributed by atoms with E-state index >= 15 is 0 Å². The number of urea groups is 1. The van der Waals surface area contributed by atoms with Crippen molar-refractivity contribution in [2.24, 2.45) is 0 Å². The third kappa shape index (κ3) is 3.34. The Balaban J connectivity index is 1.77. The zero-order chi connectivity index (χ0) is 16.9. The van der Waals surface area contributed by atoms with Gasteiger partial charge in [0.15, 0.2) is 6.23 Å². The number of fused-ring (bicyclic) bond motifs is 1. The number of carbonyl (C=O) groups is 1. The molecule has 1 aromatic heterocycles. The topological polar surface area (TPSA) is 74.7 Å². The number of hydroxylamine groups is 2. The fraction of sp³-hybridized carbons (Fsp3) is 0.111. The first-order chi connectivity index (χ1) is 11.7. The van der Waals surface area contributed by atoms with Crippen molar-refractivity contribution in [3.05, 3.63) is 72.3 Å². The lowest BCUT2D eigenvalue weighted by Gasteiger charge is -2.24. The summed E-state index contributed by atoms with van der Waals surface area (Å²) in [6.07, 6.45) is -0.911. The van der Waals surface area contributed by atoms with Crippen molar-refractivity contribution in [3.8, 4) is 0 Å². The van der Waals surface area contributed by atoms with Gasteiger partial charge in [-0.05, 0) is 18.2 Å². The zero-order valence-electron chi connectivity index (χ0n) is 13.1. The molecule has 0 fully saturated rings. The van der Waals surface area contributed by atoms with E-state index < -0.39 is 12.3 Å². The summed E-state index contributed by atoms with van der Waals surface area (Å²) in [5.74, 6) is 0.348. The molecule has 0 saturated heterocycles. The number of nitrogens with zero attached hydrogens (tertiary/aromatic N) is 2. The van der Waals surface area contributed by atoms with Gasteiger partial charge in [-0.2, -0.15) is 5.06 Å². The molecule has 0 aliphatic carbocycles. The van der Waals surface area contributed by atoms with Crippen LogP contribution in [0.3, 0.4) is 0 Å². The van der Waals surface area contributed by atoms with Gasteiger partial charge in [0.1, 0.15) is 5.82 Å². The number of nitrogens with one attached hydrogen (secondary N) is 1. The van der Waals surface area contributed by atoms with E-state index in [1.807, 2.05) is 36.4 Å². The molecule has 3 aromatic rings. The third-order valence-corrected chi connectivity index (χ3v) is 3.57. The second-order valence-electron chi connectivity index (χ2n) is 5.16. The van der Waals surface area contributed by atoms with Gasteiger partial charge in [-0.15, -0.1) is 0 Å². The van der Waals surface area contributed by atoms with E-state index in [1.165, 1.54) is 7.11 Å². The molecule has 2 aromatic carbocycles. The highest BCUT2D eigenvalue weighted by molar-refractivity contribution is 5.89. The average Bonchev–Trinajstić information content (AvgIpc) is 2.63. The summed E-state index contributed by atoms with van der Waals surface area (Å²) in [4.78, 5) is 16.6. The van der Waals surface area contributed by atoms with Gasteiger partial charge in [-0.3, -0.25) is 10.5 Å². The van der Waals surface area contributed by atoms with E-state index in [0.29, 0.717) is 16.4 Å². The molecule has 1 heterocycles. The van der Waals surface area contributed by atoms with Crippen molar-refractivity contribution in [1.82, 2.24) is 10.0 Å². The molecule has 6 nitrogen and oxygen atoms in total. The summed E-state index contributed by atoms with van der Waals surface area (Å²) in [5, 5.41) is 14.2. The number of ether oxygens (including phenoxy) is 1. The number of hydrogen-bond acceptors (Lipinski definition) is 4. The normalized spacial score (nSPS) is 11.9. The summed E-state index contributed by atoms with van der Waals surface area (Å²) in [6.45, 7) is 0. The Morgan fingerprint density at radius 1 is 1.08 bits per heavy atom. The summed E-state index contributed by atoms with van der Waals surface area (Å²) >= 11 is 0. The van der Waals surface area contributed by atoms with Crippen LogP contribution in [0.2, 0.25) is 0 Å². The molecule has 0 spiro atoms. The van der Waals surface area contributed by atoms with Crippen molar-refractivity contribution in [2.75, 3.05) is 12.4 Å². The highest BCUT2D eigenvalue weighted by atomic mass is 16.6. The van der Waals surface area contributed by atoms with Crippen molar-refractivity contribution < 1.29 is 14.7 Å². The number of rotatable bonds is 4. The quantitative estimate of drug-likeness (QED) is 0.435. The molecule has 1 atom stereocenters. The lowest BCUT2D eigenvalue weighted by molar-refractivity contribution is -0.167. The van der Waals surface area contributed by atoms with Crippen molar-refractivity contribution in [3.63, 3.8) is 0 Å². The number of hydrogen-bond donors (Lipinski definition) is 2. The Morgan fingerprint density at radius 3 is 2.54 bits per heavy atom. The first kappa shape index (κ1) is 15.9. The summed E-state index contributed by atoms with van der Waals surface area (Å²) < 4.78 is 5.22. The van der Waals surface area contributed by atoms with Gasteiger partial charge in [0.05, 0.1) is 5.52 Å². The van der Waals surface area contributed by atoms with Crippen LogP contribution >= 0.6 is 0 Å². The Labute approximate surface area is 139 Å². The second-order valence-corrected chi connectivity index (χ2v) is 5.16. The predicted octanol–water partition coefficient (Wildman–Crippen LogP) is 3.80. The Kier molecular flexibility index (Phi) is 4.69. The third-order valence-electron chi connectivity index (χ3n) is 3.57. The van der Waals surface area contributed by atoms with Gasteiger partial charge in [0, 0.05) is 18.1 Å². The summed E-state index contributed by atoms with van der Waals surface area (Å²) in [7, 11) is 1.42. The molecule has 0 saturated carbocycles. The molecule has 0 bridgehead atoms. The number of para-hydroxylation sites is 1. The van der Waals surface area contributed by atoms with Gasteiger partial charge in [-0.1, -0.05) is 48.5 Å². The number of anilines is 1. The highest BCUT2D eigenvalue weighted by Crippen LogP contribution is 2.21. The maximum atomic E-state index is 12.3. The minimum atomic E-state index is -0.911. The minimum Gasteiger partial charge on any atom is -0.355 e. The largest absolute Gasteiger partial charge is 0.355 e. The molecule has 3 rings (SSSR count). The first-order valence-corrected chi connectivity index (χ1v) is 7.41. The van der Waals surface area contributed by atoms with Crippen LogP contribution in [0, 0.1) is 0 Å². The molecule has 122 valence electrons. The molecule has 24 heavy (non-hydrogen) atoms. The van der Waals surface area contributed by atoms with Gasteiger partial charge in [-0.25, -0.2) is 9.78 Å². The van der Waals surface area contributed by atoms with Crippen molar-refractivity contribution in [2.45, 2.75) is 6.23 Å². The summed E-state index contributed by atoms with van der Waals surface area (Å²) in [5.41, 5.74) is 1.41. The maximum Gasteiger partial charge on any atom is 0.349 e. The van der Waals surface area contributed by atoms with Gasteiger partial charge < -0.3 is 4.74 Å². The van der Waals surface area contributed by atoms with Crippen LogP contribution in [0.1, 0.15) is 11.8 Å². The van der Waals surface area contributed by atoms with Gasteiger partial charge in [0.2, 0.25) is 0 Å². The standard InChI is InChI=1S/C18H17N3O3/c1-24-17(14-8-3-2-4-9-14)21(23)18(22)20-16-12-11-13-7-5-6-10-15(13)19-16/h2-12,17,23H,1H3,(H,19,20,22). The number of methoxy groups -OCH3 is 1. The number of carbonyl (C=O) groups excluding carboxylic acids is 1. The van der Waals surface area contributed by atoms with Crippen molar-refractivity contribution >= 4 is 22.8 Å². The molecule has 2 N–H and O–H groups in total. The molecule has 0 aliphatic heterocycles. The van der Waals surface area contributed by atoms with Crippen LogP contribution < -0.4 is 5.32 Å². The van der Waals surface area contributed by atoms with E-state index in [-0.39, 0.29) is 0 Å². The van der Waals surface area contributed by atoms with Crippen LogP contribution in [-0.4, -0.2) is 28.4 Å². The Morgan fingerprint density at radius 2 is 1.79 bits per heavy atom. The van der Waals surface area contributed by atoms with Crippen molar-refractivity contribution in [1.29, 1.82) is 0 Å². The number of pyridine rings is 1. The monoisotopic (exact) mass is 323 g/mol. The van der Waals surface area contributed by atoms with E-state index in [2.05, 4.69) is 10.3 Å². The first-order valence-electron chi connectivity index (χ1n) is 7.41. The molecule has 0 radical (unpaired) electrons. The maximum absolute atomic E-state index is 12.3. The van der Waals surface area contributed by atoms with Crippen LogP contribution in [-0.2, 0) is 4.74 Å². The average molecular weight is 323 g/mol. The zero-order valence-corrected chi connectivity index (χ0v) is 13.1. The molecule has 1 unspecified atom stereocenters. The van der Waals surface area contributed by atoms with Crippen LogP contribution in [0.15, 0.2) is 66.7 Å². The predicted molar refractivity (Wildman–Crippen MR) is 90.6 cm³/mol. The van der Waals surface area contributed by atoms with E-state index in [4.69, 9.17) is 4.74 Å². The summed E-state index contributed by atoms with van der Waals surface area (Å²) in [6, 6.07) is 19.4. The Hall–Kier alpha value is -2.96. The number of aromatic nitrogens is 1. The van der Waals surface area contributed by atoms with Crippen LogP contribution in [0.5, 0.6) is 0 Å². The van der Waals surface area contributed by atoms with E-state index in [1.54, 1.807) is 30.3 Å². The number of amides is 2. The van der Waals surface area contributed by atoms with Gasteiger partial charge >= 0.3 is 6.03 Å². The fourth-order valence-corrected chi connectivity index (χ4v) is 2.40. The smallest absolute Gasteiger partial charge is 0.349 e. The number of benzene rings is 2. The lowest BCUT2D eigenvalue weighted by Crippen LogP contribution is -2.36. The molecule has 2 amide bonds.